The molecule has 0 saturated carbocycles. The van der Waals surface area contributed by atoms with Crippen molar-refractivity contribution in [3.8, 4) is 5.75 Å². The molecule has 1 N–H and O–H groups in total. The molecule has 0 spiro atoms. The minimum atomic E-state index is -0.0420. The van der Waals surface area contributed by atoms with Gasteiger partial charge in [0.25, 0.3) is 5.91 Å². The number of nitrogens with zero attached hydrogens (tertiary/aromatic N) is 1. The number of rotatable bonds is 3. The second-order valence-electron chi connectivity index (χ2n) is 4.32. The summed E-state index contributed by atoms with van der Waals surface area (Å²) in [6, 6.07) is 5.10. The van der Waals surface area contributed by atoms with E-state index in [2.05, 4.69) is 5.32 Å². The van der Waals surface area contributed by atoms with Crippen LogP contribution in [0.25, 0.3) is 0 Å². The molecular weight excluding hydrogens is 323 g/mol. The monoisotopic (exact) mass is 338 g/mol. The highest BCUT2D eigenvalue weighted by Gasteiger charge is 2.17. The summed E-state index contributed by atoms with van der Waals surface area (Å²) < 4.78 is 5.45. The van der Waals surface area contributed by atoms with Crippen LogP contribution in [0.5, 0.6) is 5.75 Å². The van der Waals surface area contributed by atoms with E-state index in [1.165, 1.54) is 0 Å². The van der Waals surface area contributed by atoms with Crippen molar-refractivity contribution in [1.29, 1.82) is 0 Å². The third kappa shape index (κ3) is 4.70. The van der Waals surface area contributed by atoms with Gasteiger partial charge < -0.3 is 15.0 Å². The van der Waals surface area contributed by atoms with Gasteiger partial charge in [-0.1, -0.05) is 29.3 Å². The Morgan fingerprint density at radius 1 is 1.25 bits per heavy atom. The molecule has 0 radical (unpaired) electrons. The number of carbonyl (C=O) groups excluding carboxylic acids is 1. The van der Waals surface area contributed by atoms with Crippen LogP contribution in [0.3, 0.4) is 0 Å². The van der Waals surface area contributed by atoms with Crippen LogP contribution < -0.4 is 10.1 Å². The van der Waals surface area contributed by atoms with Crippen LogP contribution in [-0.2, 0) is 4.79 Å². The molecule has 1 aliphatic rings. The second kappa shape index (κ2) is 8.57. The highest BCUT2D eigenvalue weighted by atomic mass is 35.5. The van der Waals surface area contributed by atoms with Crippen molar-refractivity contribution in [1.82, 2.24) is 10.2 Å². The highest BCUT2D eigenvalue weighted by Crippen LogP contribution is 2.32. The van der Waals surface area contributed by atoms with Gasteiger partial charge in [0, 0.05) is 19.6 Å². The number of amides is 1. The molecule has 0 aliphatic carbocycles. The highest BCUT2D eigenvalue weighted by molar-refractivity contribution is 6.37. The Kier molecular flexibility index (Phi) is 7.45. The molecular formula is C13H17Cl3N2O2. The SMILES string of the molecule is Cl.O=C(COc1c(Cl)cccc1Cl)N1CCCNCC1. The summed E-state index contributed by atoms with van der Waals surface area (Å²) in [4.78, 5) is 13.8. The van der Waals surface area contributed by atoms with E-state index < -0.39 is 0 Å². The van der Waals surface area contributed by atoms with Crippen LogP contribution in [0.15, 0.2) is 18.2 Å². The van der Waals surface area contributed by atoms with E-state index in [4.69, 9.17) is 27.9 Å². The molecule has 0 atom stereocenters. The molecule has 1 aromatic rings. The van der Waals surface area contributed by atoms with Crippen molar-refractivity contribution in [2.75, 3.05) is 32.8 Å². The predicted molar refractivity (Wildman–Crippen MR) is 83.3 cm³/mol. The van der Waals surface area contributed by atoms with Crippen molar-refractivity contribution in [3.63, 3.8) is 0 Å². The van der Waals surface area contributed by atoms with E-state index in [9.17, 15) is 4.79 Å². The topological polar surface area (TPSA) is 41.6 Å². The maximum absolute atomic E-state index is 12.0. The Morgan fingerprint density at radius 2 is 1.95 bits per heavy atom. The Hall–Kier alpha value is -0.680. The lowest BCUT2D eigenvalue weighted by Crippen LogP contribution is -2.37. The molecule has 112 valence electrons. The second-order valence-corrected chi connectivity index (χ2v) is 5.14. The Morgan fingerprint density at radius 3 is 2.65 bits per heavy atom. The van der Waals surface area contributed by atoms with E-state index in [0.29, 0.717) is 22.3 Å². The standard InChI is InChI=1S/C13H16Cl2N2O2.ClH/c14-10-3-1-4-11(15)13(10)19-9-12(18)17-7-2-5-16-6-8-17;/h1,3-4,16H,2,5-9H2;1H. The van der Waals surface area contributed by atoms with E-state index in [0.717, 1.165) is 26.1 Å². The van der Waals surface area contributed by atoms with Gasteiger partial charge in [-0.15, -0.1) is 12.4 Å². The lowest BCUT2D eigenvalue weighted by molar-refractivity contribution is -0.133. The summed E-state index contributed by atoms with van der Waals surface area (Å²) in [6.45, 7) is 3.19. The van der Waals surface area contributed by atoms with E-state index >= 15 is 0 Å². The number of ether oxygens (including phenoxy) is 1. The first kappa shape index (κ1) is 17.4. The zero-order valence-corrected chi connectivity index (χ0v) is 13.2. The largest absolute Gasteiger partial charge is 0.481 e. The van der Waals surface area contributed by atoms with Crippen molar-refractivity contribution in [2.45, 2.75) is 6.42 Å². The molecule has 0 bridgehead atoms. The molecule has 20 heavy (non-hydrogen) atoms. The number of halogens is 3. The number of carbonyl (C=O) groups is 1. The zero-order chi connectivity index (χ0) is 13.7. The van der Waals surface area contributed by atoms with Crippen LogP contribution >= 0.6 is 35.6 Å². The Labute approximate surface area is 134 Å². The van der Waals surface area contributed by atoms with Crippen molar-refractivity contribution in [3.05, 3.63) is 28.2 Å². The third-order valence-electron chi connectivity index (χ3n) is 2.95. The van der Waals surface area contributed by atoms with Gasteiger partial charge in [0.05, 0.1) is 10.0 Å². The molecule has 1 fully saturated rings. The van der Waals surface area contributed by atoms with Crippen LogP contribution in [0.4, 0.5) is 0 Å². The first-order chi connectivity index (χ1) is 9.18. The van der Waals surface area contributed by atoms with Gasteiger partial charge in [0.1, 0.15) is 0 Å². The Balaban J connectivity index is 0.00000200. The average molecular weight is 340 g/mol. The number of para-hydroxylation sites is 1. The lowest BCUT2D eigenvalue weighted by Gasteiger charge is -2.20. The van der Waals surface area contributed by atoms with Crippen LogP contribution in [0.2, 0.25) is 10.0 Å². The molecule has 1 aromatic carbocycles. The summed E-state index contributed by atoms with van der Waals surface area (Å²) in [7, 11) is 0. The fourth-order valence-electron chi connectivity index (χ4n) is 1.94. The van der Waals surface area contributed by atoms with Crippen molar-refractivity contribution < 1.29 is 9.53 Å². The normalized spacial score (nSPS) is 15.2. The van der Waals surface area contributed by atoms with Gasteiger partial charge in [-0.05, 0) is 25.1 Å². The van der Waals surface area contributed by atoms with Crippen LogP contribution in [0, 0.1) is 0 Å². The predicted octanol–water partition coefficient (Wildman–Crippen LogP) is 2.62. The third-order valence-corrected chi connectivity index (χ3v) is 3.55. The molecule has 2 rings (SSSR count). The van der Waals surface area contributed by atoms with Crippen LogP contribution in [-0.4, -0.2) is 43.6 Å². The van der Waals surface area contributed by atoms with E-state index in [1.807, 2.05) is 0 Å². The number of benzene rings is 1. The van der Waals surface area contributed by atoms with Crippen LogP contribution in [0.1, 0.15) is 6.42 Å². The quantitative estimate of drug-likeness (QED) is 0.920. The molecule has 1 saturated heterocycles. The minimum absolute atomic E-state index is 0. The molecule has 4 nitrogen and oxygen atoms in total. The maximum atomic E-state index is 12.0. The molecule has 0 unspecified atom stereocenters. The number of hydrogen-bond acceptors (Lipinski definition) is 3. The van der Waals surface area contributed by atoms with E-state index in [1.54, 1.807) is 23.1 Å². The summed E-state index contributed by atoms with van der Waals surface area (Å²) in [5.74, 6) is 0.326. The first-order valence-corrected chi connectivity index (χ1v) is 6.99. The fraction of sp³-hybridized carbons (Fsp3) is 0.462. The first-order valence-electron chi connectivity index (χ1n) is 6.24. The van der Waals surface area contributed by atoms with Crippen molar-refractivity contribution in [2.24, 2.45) is 0 Å². The molecule has 1 heterocycles. The van der Waals surface area contributed by atoms with E-state index in [-0.39, 0.29) is 24.9 Å². The summed E-state index contributed by atoms with van der Waals surface area (Å²) in [6.07, 6.45) is 0.957. The molecule has 1 aliphatic heterocycles. The maximum Gasteiger partial charge on any atom is 0.260 e. The van der Waals surface area contributed by atoms with Gasteiger partial charge >= 0.3 is 0 Å². The lowest BCUT2D eigenvalue weighted by atomic mass is 10.3. The summed E-state index contributed by atoms with van der Waals surface area (Å²) in [5, 5.41) is 4.08. The number of hydrogen-bond donors (Lipinski definition) is 1. The zero-order valence-electron chi connectivity index (χ0n) is 10.9. The molecule has 1 amide bonds. The van der Waals surface area contributed by atoms with Gasteiger partial charge in [-0.2, -0.15) is 0 Å². The number of nitrogens with one attached hydrogen (secondary N) is 1. The van der Waals surface area contributed by atoms with Gasteiger partial charge in [-0.3, -0.25) is 4.79 Å². The Bertz CT molecular complexity index is 429. The smallest absolute Gasteiger partial charge is 0.260 e. The minimum Gasteiger partial charge on any atom is -0.481 e. The van der Waals surface area contributed by atoms with Gasteiger partial charge in [0.2, 0.25) is 0 Å². The molecule has 7 heteroatoms. The summed E-state index contributed by atoms with van der Waals surface area (Å²) in [5.41, 5.74) is 0. The van der Waals surface area contributed by atoms with Gasteiger partial charge in [0.15, 0.2) is 12.4 Å². The molecule has 0 aromatic heterocycles. The average Bonchev–Trinajstić information content (AvgIpc) is 2.66. The fourth-order valence-corrected chi connectivity index (χ4v) is 2.45. The summed E-state index contributed by atoms with van der Waals surface area (Å²) >= 11 is 12.0. The van der Waals surface area contributed by atoms with Gasteiger partial charge in [-0.25, -0.2) is 0 Å². The van der Waals surface area contributed by atoms with Crippen molar-refractivity contribution >= 4 is 41.5 Å².